The largest absolute Gasteiger partial charge is 0.393 e. The van der Waals surface area contributed by atoms with Gasteiger partial charge in [-0.25, -0.2) is 9.97 Å². The average Bonchev–Trinajstić information content (AvgIpc) is 3.47. The van der Waals surface area contributed by atoms with Crippen molar-refractivity contribution in [3.63, 3.8) is 0 Å². The van der Waals surface area contributed by atoms with Crippen molar-refractivity contribution in [2.75, 3.05) is 42.3 Å². The summed E-state index contributed by atoms with van der Waals surface area (Å²) in [7, 11) is 3.64. The predicted molar refractivity (Wildman–Crippen MR) is 128 cm³/mol. The normalized spacial score (nSPS) is 21.4. The molecule has 2 aliphatic heterocycles. The van der Waals surface area contributed by atoms with Crippen LogP contribution >= 0.6 is 0 Å². The number of hydrogen-bond donors (Lipinski definition) is 2. The van der Waals surface area contributed by atoms with Gasteiger partial charge in [0.25, 0.3) is 0 Å². The number of anilines is 4. The molecule has 4 heterocycles. The number of nitrogens with one attached hydrogen (secondary N) is 1. The van der Waals surface area contributed by atoms with Crippen molar-refractivity contribution >= 4 is 29.2 Å². The zero-order valence-corrected chi connectivity index (χ0v) is 19.4. The molecule has 9 heteroatoms. The first kappa shape index (κ1) is 21.9. The molecule has 1 unspecified atom stereocenters. The van der Waals surface area contributed by atoms with Crippen LogP contribution in [0, 0.1) is 0 Å². The lowest BCUT2D eigenvalue weighted by Crippen LogP contribution is -2.49. The van der Waals surface area contributed by atoms with E-state index in [4.69, 9.17) is 4.98 Å². The Morgan fingerprint density at radius 3 is 2.52 bits per heavy atom. The van der Waals surface area contributed by atoms with Crippen LogP contribution in [0.15, 0.2) is 24.5 Å². The van der Waals surface area contributed by atoms with E-state index in [2.05, 4.69) is 25.1 Å². The second-order valence-electron chi connectivity index (χ2n) is 9.59. The van der Waals surface area contributed by atoms with Gasteiger partial charge in [-0.05, 0) is 37.8 Å². The van der Waals surface area contributed by atoms with Crippen LogP contribution in [-0.4, -0.2) is 76.2 Å². The first-order valence-electron chi connectivity index (χ1n) is 12.0. The van der Waals surface area contributed by atoms with Crippen molar-refractivity contribution in [2.45, 2.75) is 63.1 Å². The third-order valence-electron chi connectivity index (χ3n) is 7.10. The van der Waals surface area contributed by atoms with Gasteiger partial charge in [-0.15, -0.1) is 0 Å². The zero-order valence-electron chi connectivity index (χ0n) is 19.4. The monoisotopic (exact) mass is 451 g/mol. The van der Waals surface area contributed by atoms with Gasteiger partial charge in [0.1, 0.15) is 17.7 Å². The first-order valence-corrected chi connectivity index (χ1v) is 12.0. The van der Waals surface area contributed by atoms with E-state index in [0.29, 0.717) is 24.2 Å². The van der Waals surface area contributed by atoms with Gasteiger partial charge in [0.2, 0.25) is 11.9 Å². The quantitative estimate of drug-likeness (QED) is 0.715. The molecule has 1 aliphatic carbocycles. The Morgan fingerprint density at radius 2 is 1.85 bits per heavy atom. The molecular formula is C24H33N7O2. The number of piperidine rings is 1. The highest BCUT2D eigenvalue weighted by Crippen LogP contribution is 2.38. The summed E-state index contributed by atoms with van der Waals surface area (Å²) in [6.07, 6.45) is 10.3. The van der Waals surface area contributed by atoms with Gasteiger partial charge in [-0.3, -0.25) is 4.79 Å². The van der Waals surface area contributed by atoms with Gasteiger partial charge >= 0.3 is 0 Å². The summed E-state index contributed by atoms with van der Waals surface area (Å²) in [6, 6.07) is 4.12. The van der Waals surface area contributed by atoms with Crippen molar-refractivity contribution in [1.82, 2.24) is 19.9 Å². The minimum Gasteiger partial charge on any atom is -0.393 e. The molecule has 2 fully saturated rings. The Hall–Kier alpha value is -2.94. The Bertz CT molecular complexity index is 983. The molecule has 1 saturated heterocycles. The Balaban J connectivity index is 1.34. The van der Waals surface area contributed by atoms with E-state index in [0.717, 1.165) is 55.8 Å². The number of hydrogen-bond acceptors (Lipinski definition) is 8. The van der Waals surface area contributed by atoms with Crippen molar-refractivity contribution < 1.29 is 9.90 Å². The summed E-state index contributed by atoms with van der Waals surface area (Å²) < 4.78 is 0. The number of pyridine rings is 1. The van der Waals surface area contributed by atoms with E-state index in [9.17, 15) is 9.90 Å². The highest BCUT2D eigenvalue weighted by atomic mass is 16.3. The Labute approximate surface area is 194 Å². The fraction of sp³-hybridized carbons (Fsp3) is 0.583. The number of aliphatic hydroxyl groups is 1. The van der Waals surface area contributed by atoms with E-state index < -0.39 is 0 Å². The number of amides is 1. The predicted octanol–water partition coefficient (Wildman–Crippen LogP) is 2.34. The third kappa shape index (κ3) is 4.46. The first-order chi connectivity index (χ1) is 16.0. The maximum absolute atomic E-state index is 12.9. The maximum Gasteiger partial charge on any atom is 0.245 e. The van der Waals surface area contributed by atoms with E-state index in [1.54, 1.807) is 4.90 Å². The molecule has 2 N–H and O–H groups in total. The lowest BCUT2D eigenvalue weighted by molar-refractivity contribution is -0.130. The van der Waals surface area contributed by atoms with Crippen molar-refractivity contribution in [3.05, 3.63) is 30.1 Å². The topological polar surface area (TPSA) is 97.7 Å². The molecule has 0 radical (unpaired) electrons. The van der Waals surface area contributed by atoms with Crippen LogP contribution in [0.4, 0.5) is 23.3 Å². The summed E-state index contributed by atoms with van der Waals surface area (Å²) >= 11 is 0. The maximum atomic E-state index is 12.9. The van der Waals surface area contributed by atoms with Gasteiger partial charge in [-0.2, -0.15) is 4.98 Å². The molecule has 3 aliphatic rings. The SMILES string of the molecule is CN(C)C(=O)C1Cc2cnc(Nc3ccc(N4CCC(O)CC4)cn3)nc2N1C1CCCC1. The van der Waals surface area contributed by atoms with E-state index in [1.165, 1.54) is 12.8 Å². The number of nitrogens with zero attached hydrogens (tertiary/aromatic N) is 6. The Morgan fingerprint density at radius 1 is 1.09 bits per heavy atom. The van der Waals surface area contributed by atoms with Gasteiger partial charge < -0.3 is 25.1 Å². The van der Waals surface area contributed by atoms with Crippen LogP contribution in [0.1, 0.15) is 44.1 Å². The highest BCUT2D eigenvalue weighted by Gasteiger charge is 2.41. The smallest absolute Gasteiger partial charge is 0.245 e. The lowest BCUT2D eigenvalue weighted by atomic mass is 10.1. The summed E-state index contributed by atoms with van der Waals surface area (Å²) in [5.41, 5.74) is 2.09. The standard InChI is InChI=1S/C24H33N7O2/c1-29(2)23(33)20-13-16-14-26-24(28-22(16)31(20)17-5-3-4-6-17)27-21-8-7-18(15-25-21)30-11-9-19(32)10-12-30/h7-8,14-15,17,19-20,32H,3-6,9-13H2,1-2H3,(H,25,26,27,28). The van der Waals surface area contributed by atoms with E-state index in [-0.39, 0.29) is 18.1 Å². The van der Waals surface area contributed by atoms with Gasteiger partial charge in [-0.1, -0.05) is 12.8 Å². The molecule has 176 valence electrons. The lowest BCUT2D eigenvalue weighted by Gasteiger charge is -2.33. The molecule has 5 rings (SSSR count). The molecule has 9 nitrogen and oxygen atoms in total. The molecule has 2 aromatic heterocycles. The second-order valence-corrected chi connectivity index (χ2v) is 9.59. The van der Waals surface area contributed by atoms with Crippen molar-refractivity contribution in [2.24, 2.45) is 0 Å². The number of fused-ring (bicyclic) bond motifs is 1. The summed E-state index contributed by atoms with van der Waals surface area (Å²) in [4.78, 5) is 33.0. The molecule has 0 bridgehead atoms. The van der Waals surface area contributed by atoms with E-state index in [1.807, 2.05) is 38.6 Å². The van der Waals surface area contributed by atoms with Gasteiger partial charge in [0.05, 0.1) is 18.0 Å². The van der Waals surface area contributed by atoms with Crippen LogP contribution in [-0.2, 0) is 11.2 Å². The third-order valence-corrected chi connectivity index (χ3v) is 7.10. The van der Waals surface area contributed by atoms with Crippen LogP contribution in [0.25, 0.3) is 0 Å². The van der Waals surface area contributed by atoms with Crippen molar-refractivity contribution in [3.8, 4) is 0 Å². The van der Waals surface area contributed by atoms with Crippen LogP contribution in [0.2, 0.25) is 0 Å². The fourth-order valence-electron chi connectivity index (χ4n) is 5.28. The summed E-state index contributed by atoms with van der Waals surface area (Å²) in [5, 5.41) is 13.0. The van der Waals surface area contributed by atoms with E-state index >= 15 is 0 Å². The minimum atomic E-state index is -0.205. The number of carbonyl (C=O) groups is 1. The van der Waals surface area contributed by atoms with Crippen LogP contribution < -0.4 is 15.1 Å². The number of carbonyl (C=O) groups excluding carboxylic acids is 1. The minimum absolute atomic E-state index is 0.122. The van der Waals surface area contributed by atoms with Crippen LogP contribution in [0.5, 0.6) is 0 Å². The molecule has 33 heavy (non-hydrogen) atoms. The molecule has 1 saturated carbocycles. The molecule has 1 atom stereocenters. The van der Waals surface area contributed by atoms with Crippen LogP contribution in [0.3, 0.4) is 0 Å². The average molecular weight is 452 g/mol. The summed E-state index contributed by atoms with van der Waals surface area (Å²) in [6.45, 7) is 1.68. The zero-order chi connectivity index (χ0) is 22.9. The number of aliphatic hydroxyl groups excluding tert-OH is 1. The van der Waals surface area contributed by atoms with Crippen molar-refractivity contribution in [1.29, 1.82) is 0 Å². The molecule has 0 aromatic carbocycles. The number of aromatic nitrogens is 3. The second kappa shape index (κ2) is 9.13. The molecule has 0 spiro atoms. The molecule has 1 amide bonds. The van der Waals surface area contributed by atoms with Gasteiger partial charge in [0, 0.05) is 51.4 Å². The molecular weight excluding hydrogens is 418 g/mol. The Kier molecular flexibility index (Phi) is 6.05. The number of rotatable bonds is 5. The summed E-state index contributed by atoms with van der Waals surface area (Å²) in [5.74, 6) is 2.18. The molecule has 2 aromatic rings. The number of likely N-dealkylation sites (N-methyl/N-ethyl adjacent to an activating group) is 1. The fourth-order valence-corrected chi connectivity index (χ4v) is 5.28. The van der Waals surface area contributed by atoms with Gasteiger partial charge in [0.15, 0.2) is 0 Å². The highest BCUT2D eigenvalue weighted by molar-refractivity contribution is 5.87.